The molecule has 1 aliphatic carbocycles. The van der Waals surface area contributed by atoms with E-state index < -0.39 is 0 Å². The number of nitrogens with zero attached hydrogens (tertiary/aromatic N) is 1. The highest BCUT2D eigenvalue weighted by Crippen LogP contribution is 2.17. The third-order valence-corrected chi connectivity index (χ3v) is 3.47. The van der Waals surface area contributed by atoms with Gasteiger partial charge in [-0.2, -0.15) is 0 Å². The molecule has 1 N–H and O–H groups in total. The summed E-state index contributed by atoms with van der Waals surface area (Å²) in [6.07, 6.45) is 7.56. The largest absolute Gasteiger partial charge is 0.313 e. The number of rotatable bonds is 6. The lowest BCUT2D eigenvalue weighted by atomic mass is 10.1. The van der Waals surface area contributed by atoms with Crippen LogP contribution in [0.25, 0.3) is 0 Å². The zero-order chi connectivity index (χ0) is 12.0. The summed E-state index contributed by atoms with van der Waals surface area (Å²) in [6, 6.07) is 0.783. The van der Waals surface area contributed by atoms with Crippen LogP contribution in [-0.4, -0.2) is 36.1 Å². The van der Waals surface area contributed by atoms with Crippen LogP contribution in [0.5, 0.6) is 0 Å². The summed E-state index contributed by atoms with van der Waals surface area (Å²) in [4.78, 5) is 2.47. The van der Waals surface area contributed by atoms with Crippen LogP contribution in [0.15, 0.2) is 12.7 Å². The average Bonchev–Trinajstić information content (AvgIpc) is 2.67. The predicted molar refractivity (Wildman–Crippen MR) is 71.8 cm³/mol. The van der Waals surface area contributed by atoms with E-state index in [-0.39, 0.29) is 5.54 Å². The monoisotopic (exact) mass is 224 g/mol. The smallest absolute Gasteiger partial charge is 0.0166 e. The zero-order valence-electron chi connectivity index (χ0n) is 11.3. The van der Waals surface area contributed by atoms with Gasteiger partial charge in [0.1, 0.15) is 0 Å². The Labute approximate surface area is 101 Å². The third kappa shape index (κ3) is 4.67. The van der Waals surface area contributed by atoms with Crippen LogP contribution in [0.2, 0.25) is 0 Å². The molecule has 0 saturated heterocycles. The Kier molecular flexibility index (Phi) is 5.50. The highest BCUT2D eigenvalue weighted by atomic mass is 15.2. The van der Waals surface area contributed by atoms with Gasteiger partial charge in [-0.1, -0.05) is 18.9 Å². The minimum absolute atomic E-state index is 0.242. The molecule has 94 valence electrons. The fourth-order valence-corrected chi connectivity index (χ4v) is 2.39. The molecule has 0 bridgehead atoms. The Balaban J connectivity index is 2.23. The molecule has 1 saturated carbocycles. The van der Waals surface area contributed by atoms with E-state index >= 15 is 0 Å². The van der Waals surface area contributed by atoms with Gasteiger partial charge in [0.15, 0.2) is 0 Å². The van der Waals surface area contributed by atoms with Crippen LogP contribution in [-0.2, 0) is 0 Å². The molecule has 0 amide bonds. The summed E-state index contributed by atoms with van der Waals surface area (Å²) >= 11 is 0. The summed E-state index contributed by atoms with van der Waals surface area (Å²) in [6.45, 7) is 13.9. The Morgan fingerprint density at radius 2 is 1.94 bits per heavy atom. The van der Waals surface area contributed by atoms with Crippen molar-refractivity contribution in [3.05, 3.63) is 12.7 Å². The summed E-state index contributed by atoms with van der Waals surface area (Å²) in [5.74, 6) is 0. The second-order valence-corrected chi connectivity index (χ2v) is 5.84. The highest BCUT2D eigenvalue weighted by molar-refractivity contribution is 4.84. The summed E-state index contributed by atoms with van der Waals surface area (Å²) in [5.41, 5.74) is 0.242. The molecule has 0 unspecified atom stereocenters. The number of nitrogens with one attached hydrogen (secondary N) is 1. The van der Waals surface area contributed by atoms with Crippen molar-refractivity contribution in [3.8, 4) is 0 Å². The molecule has 2 heteroatoms. The molecule has 1 aliphatic rings. The maximum atomic E-state index is 3.84. The molecule has 0 aliphatic heterocycles. The quantitative estimate of drug-likeness (QED) is 0.698. The Bertz CT molecular complexity index is 199. The topological polar surface area (TPSA) is 15.3 Å². The van der Waals surface area contributed by atoms with E-state index in [1.165, 1.54) is 25.7 Å². The van der Waals surface area contributed by atoms with Gasteiger partial charge in [-0.25, -0.2) is 0 Å². The zero-order valence-corrected chi connectivity index (χ0v) is 11.3. The molecule has 0 atom stereocenters. The third-order valence-electron chi connectivity index (χ3n) is 3.47. The van der Waals surface area contributed by atoms with E-state index in [9.17, 15) is 0 Å². The van der Waals surface area contributed by atoms with Crippen LogP contribution >= 0.6 is 0 Å². The van der Waals surface area contributed by atoms with Gasteiger partial charge in [0.2, 0.25) is 0 Å². The molecular formula is C14H28N2. The van der Waals surface area contributed by atoms with Crippen molar-refractivity contribution in [1.82, 2.24) is 10.2 Å². The minimum Gasteiger partial charge on any atom is -0.313 e. The maximum Gasteiger partial charge on any atom is 0.0166 e. The molecule has 16 heavy (non-hydrogen) atoms. The molecule has 0 heterocycles. The molecule has 1 fully saturated rings. The molecule has 2 nitrogen and oxygen atoms in total. The van der Waals surface area contributed by atoms with Gasteiger partial charge in [-0.05, 0) is 33.6 Å². The maximum absolute atomic E-state index is 3.84. The van der Waals surface area contributed by atoms with Crippen molar-refractivity contribution >= 4 is 0 Å². The Morgan fingerprint density at radius 3 is 2.44 bits per heavy atom. The van der Waals surface area contributed by atoms with Crippen LogP contribution in [0, 0.1) is 0 Å². The molecule has 0 aromatic rings. The van der Waals surface area contributed by atoms with Gasteiger partial charge in [0.25, 0.3) is 0 Å². The second kappa shape index (κ2) is 6.41. The highest BCUT2D eigenvalue weighted by Gasteiger charge is 2.20. The van der Waals surface area contributed by atoms with Crippen LogP contribution in [0.3, 0.4) is 0 Å². The Hall–Kier alpha value is -0.340. The molecular weight excluding hydrogens is 196 g/mol. The van der Waals surface area contributed by atoms with Gasteiger partial charge in [0, 0.05) is 31.2 Å². The Morgan fingerprint density at radius 1 is 1.31 bits per heavy atom. The van der Waals surface area contributed by atoms with Gasteiger partial charge >= 0.3 is 0 Å². The van der Waals surface area contributed by atoms with Crippen molar-refractivity contribution < 1.29 is 0 Å². The van der Waals surface area contributed by atoms with Gasteiger partial charge in [-0.15, -0.1) is 6.58 Å². The standard InChI is InChI=1S/C14H28N2/c1-5-11-16(14(2,3)4)12-10-15-13-8-6-7-9-13/h5,13,15H,1,6-12H2,2-4H3. The van der Waals surface area contributed by atoms with E-state index in [2.05, 4.69) is 37.6 Å². The van der Waals surface area contributed by atoms with E-state index in [1.54, 1.807) is 0 Å². The normalized spacial score (nSPS) is 18.2. The molecule has 0 radical (unpaired) electrons. The van der Waals surface area contributed by atoms with Crippen LogP contribution in [0.4, 0.5) is 0 Å². The lowest BCUT2D eigenvalue weighted by molar-refractivity contribution is 0.153. The lowest BCUT2D eigenvalue weighted by Gasteiger charge is -2.35. The fourth-order valence-electron chi connectivity index (χ4n) is 2.39. The molecule has 0 aromatic carbocycles. The van der Waals surface area contributed by atoms with Crippen molar-refractivity contribution in [1.29, 1.82) is 0 Å². The molecule has 0 spiro atoms. The first-order chi connectivity index (χ1) is 7.54. The predicted octanol–water partition coefficient (Wildman–Crippen LogP) is 2.81. The van der Waals surface area contributed by atoms with Crippen molar-refractivity contribution in [2.24, 2.45) is 0 Å². The van der Waals surface area contributed by atoms with Crippen molar-refractivity contribution in [3.63, 3.8) is 0 Å². The van der Waals surface area contributed by atoms with Gasteiger partial charge < -0.3 is 5.32 Å². The molecule has 0 aromatic heterocycles. The van der Waals surface area contributed by atoms with Crippen LogP contribution < -0.4 is 5.32 Å². The van der Waals surface area contributed by atoms with E-state index in [0.717, 1.165) is 25.7 Å². The van der Waals surface area contributed by atoms with Crippen molar-refractivity contribution in [2.45, 2.75) is 58.0 Å². The van der Waals surface area contributed by atoms with E-state index in [0.29, 0.717) is 0 Å². The number of hydrogen-bond acceptors (Lipinski definition) is 2. The second-order valence-electron chi connectivity index (χ2n) is 5.84. The first-order valence-corrected chi connectivity index (χ1v) is 6.63. The SMILES string of the molecule is C=CCN(CCNC1CCCC1)C(C)(C)C. The lowest BCUT2D eigenvalue weighted by Crippen LogP contribution is -2.45. The molecule has 1 rings (SSSR count). The summed E-state index contributed by atoms with van der Waals surface area (Å²) < 4.78 is 0. The summed E-state index contributed by atoms with van der Waals surface area (Å²) in [7, 11) is 0. The van der Waals surface area contributed by atoms with Gasteiger partial charge in [0.05, 0.1) is 0 Å². The minimum atomic E-state index is 0.242. The van der Waals surface area contributed by atoms with E-state index in [4.69, 9.17) is 0 Å². The van der Waals surface area contributed by atoms with E-state index in [1.807, 2.05) is 6.08 Å². The first kappa shape index (κ1) is 13.7. The van der Waals surface area contributed by atoms with Crippen LogP contribution in [0.1, 0.15) is 46.5 Å². The number of hydrogen-bond donors (Lipinski definition) is 1. The fraction of sp³-hybridized carbons (Fsp3) is 0.857. The van der Waals surface area contributed by atoms with Crippen molar-refractivity contribution in [2.75, 3.05) is 19.6 Å². The first-order valence-electron chi connectivity index (χ1n) is 6.63. The average molecular weight is 224 g/mol. The van der Waals surface area contributed by atoms with Gasteiger partial charge in [-0.3, -0.25) is 4.90 Å². The summed E-state index contributed by atoms with van der Waals surface area (Å²) in [5, 5.41) is 3.67.